The van der Waals surface area contributed by atoms with Gasteiger partial charge in [0.15, 0.2) is 12.6 Å². The van der Waals surface area contributed by atoms with E-state index in [2.05, 4.69) is 26.3 Å². The first kappa shape index (κ1) is 19.8. The minimum Gasteiger partial charge on any atom is -0.371 e. The van der Waals surface area contributed by atoms with Crippen molar-refractivity contribution in [2.24, 2.45) is 0 Å². The van der Waals surface area contributed by atoms with Crippen molar-refractivity contribution in [3.05, 3.63) is 50.6 Å². The van der Waals surface area contributed by atoms with E-state index in [0.717, 1.165) is 0 Å². The summed E-state index contributed by atoms with van der Waals surface area (Å²) in [6.45, 7) is 16.4. The summed E-state index contributed by atoms with van der Waals surface area (Å²) in [6, 6.07) is 0. The molecule has 0 rings (SSSR count). The zero-order chi connectivity index (χ0) is 15.8. The van der Waals surface area contributed by atoms with E-state index in [1.54, 1.807) is 24.3 Å². The summed E-state index contributed by atoms with van der Waals surface area (Å²) >= 11 is 0. The number of hydrogen-bond donors (Lipinski definition) is 0. The van der Waals surface area contributed by atoms with Gasteiger partial charge in [-0.25, -0.2) is 0 Å². The Kier molecular flexibility index (Phi) is 14.3. The Balaban J connectivity index is 4.06. The number of hydrogen-bond acceptors (Lipinski definition) is 5. The van der Waals surface area contributed by atoms with Gasteiger partial charge in [0, 0.05) is 0 Å². The molecule has 0 bridgehead atoms. The topological polar surface area (TPSA) is 46.2 Å². The number of rotatable bonds is 16. The Bertz CT molecular complexity index is 238. The maximum atomic E-state index is 5.51. The van der Waals surface area contributed by atoms with Crippen LogP contribution in [0.5, 0.6) is 0 Å². The molecular formula is C16H26O5. The molecule has 0 aliphatic rings. The van der Waals surface area contributed by atoms with E-state index >= 15 is 0 Å². The van der Waals surface area contributed by atoms with Crippen LogP contribution >= 0.6 is 0 Å². The molecule has 0 aliphatic carbocycles. The minimum absolute atomic E-state index is 0.257. The standard InChI is InChI=1S/C16H26O5/c1-5-9-18-15(19-10-6-2)13-17-14-16(20-11-7-3)21-12-8-4/h5-8,15-16H,1-4,9-14H2. The van der Waals surface area contributed by atoms with Crippen LogP contribution in [0.3, 0.4) is 0 Å². The van der Waals surface area contributed by atoms with Crippen molar-refractivity contribution in [2.75, 3.05) is 39.6 Å². The Morgan fingerprint density at radius 2 is 0.857 bits per heavy atom. The molecule has 5 heteroatoms. The summed E-state index contributed by atoms with van der Waals surface area (Å²) < 4.78 is 27.2. The average Bonchev–Trinajstić information content (AvgIpc) is 2.51. The molecule has 21 heavy (non-hydrogen) atoms. The molecule has 0 aliphatic heterocycles. The van der Waals surface area contributed by atoms with E-state index in [1.807, 2.05) is 0 Å². The first-order valence-electron chi connectivity index (χ1n) is 6.76. The summed E-state index contributed by atoms with van der Waals surface area (Å²) in [5.74, 6) is 0. The van der Waals surface area contributed by atoms with Crippen molar-refractivity contribution in [2.45, 2.75) is 12.6 Å². The second kappa shape index (κ2) is 15.2. The van der Waals surface area contributed by atoms with Gasteiger partial charge < -0.3 is 23.7 Å². The average molecular weight is 298 g/mol. The van der Waals surface area contributed by atoms with Gasteiger partial charge in [0.25, 0.3) is 0 Å². The van der Waals surface area contributed by atoms with Crippen molar-refractivity contribution >= 4 is 0 Å². The highest BCUT2D eigenvalue weighted by atomic mass is 16.7. The van der Waals surface area contributed by atoms with Gasteiger partial charge in [-0.05, 0) is 0 Å². The summed E-state index contributed by atoms with van der Waals surface area (Å²) in [5.41, 5.74) is 0. The molecule has 0 spiro atoms. The van der Waals surface area contributed by atoms with Crippen LogP contribution in [0.4, 0.5) is 0 Å². The summed E-state index contributed by atoms with van der Waals surface area (Å²) in [4.78, 5) is 0. The lowest BCUT2D eigenvalue weighted by atomic mass is 10.6. The van der Waals surface area contributed by atoms with Gasteiger partial charge in [0.05, 0.1) is 39.6 Å². The van der Waals surface area contributed by atoms with Gasteiger partial charge in [-0.15, -0.1) is 26.3 Å². The van der Waals surface area contributed by atoms with Gasteiger partial charge in [-0.3, -0.25) is 0 Å². The van der Waals surface area contributed by atoms with E-state index < -0.39 is 12.6 Å². The first-order valence-corrected chi connectivity index (χ1v) is 6.76. The molecule has 120 valence electrons. The van der Waals surface area contributed by atoms with E-state index in [-0.39, 0.29) is 13.2 Å². The molecular weight excluding hydrogens is 272 g/mol. The molecule has 0 N–H and O–H groups in total. The van der Waals surface area contributed by atoms with Crippen LogP contribution < -0.4 is 0 Å². The van der Waals surface area contributed by atoms with Crippen molar-refractivity contribution < 1.29 is 23.7 Å². The quantitative estimate of drug-likeness (QED) is 0.323. The fourth-order valence-electron chi connectivity index (χ4n) is 1.25. The van der Waals surface area contributed by atoms with Gasteiger partial charge in [-0.1, -0.05) is 24.3 Å². The molecule has 0 aromatic heterocycles. The normalized spacial score (nSPS) is 10.8. The Hall–Kier alpha value is -1.24. The van der Waals surface area contributed by atoms with Gasteiger partial charge in [0.1, 0.15) is 0 Å². The third-order valence-electron chi connectivity index (χ3n) is 2.11. The van der Waals surface area contributed by atoms with Crippen LogP contribution in [0.25, 0.3) is 0 Å². The molecule has 0 amide bonds. The van der Waals surface area contributed by atoms with Gasteiger partial charge >= 0.3 is 0 Å². The maximum Gasteiger partial charge on any atom is 0.181 e. The van der Waals surface area contributed by atoms with Gasteiger partial charge in [-0.2, -0.15) is 0 Å². The van der Waals surface area contributed by atoms with E-state index in [0.29, 0.717) is 26.4 Å². The molecule has 0 aromatic rings. The van der Waals surface area contributed by atoms with Gasteiger partial charge in [0.2, 0.25) is 0 Å². The fourth-order valence-corrected chi connectivity index (χ4v) is 1.25. The van der Waals surface area contributed by atoms with Crippen molar-refractivity contribution in [3.8, 4) is 0 Å². The van der Waals surface area contributed by atoms with Crippen LogP contribution in [-0.4, -0.2) is 52.2 Å². The molecule has 5 nitrogen and oxygen atoms in total. The molecule has 0 aromatic carbocycles. The highest BCUT2D eigenvalue weighted by molar-refractivity contribution is 4.68. The van der Waals surface area contributed by atoms with Crippen molar-refractivity contribution in [1.29, 1.82) is 0 Å². The van der Waals surface area contributed by atoms with Crippen LogP contribution in [0.2, 0.25) is 0 Å². The highest BCUT2D eigenvalue weighted by Crippen LogP contribution is 2.01. The molecule has 0 atom stereocenters. The lowest BCUT2D eigenvalue weighted by Gasteiger charge is -2.20. The number of ether oxygens (including phenoxy) is 5. The summed E-state index contributed by atoms with van der Waals surface area (Å²) in [7, 11) is 0. The third kappa shape index (κ3) is 12.2. The predicted molar refractivity (Wildman–Crippen MR) is 83.0 cm³/mol. The summed E-state index contributed by atoms with van der Waals surface area (Å²) in [5, 5.41) is 0. The zero-order valence-electron chi connectivity index (χ0n) is 12.6. The monoisotopic (exact) mass is 298 g/mol. The molecule has 0 unspecified atom stereocenters. The van der Waals surface area contributed by atoms with Crippen LogP contribution in [-0.2, 0) is 23.7 Å². The highest BCUT2D eigenvalue weighted by Gasteiger charge is 2.12. The van der Waals surface area contributed by atoms with E-state index in [4.69, 9.17) is 23.7 Å². The van der Waals surface area contributed by atoms with Crippen LogP contribution in [0.15, 0.2) is 50.6 Å². The smallest absolute Gasteiger partial charge is 0.181 e. The SMILES string of the molecule is C=CCOC(COCC(OCC=C)OCC=C)OCC=C. The van der Waals surface area contributed by atoms with Crippen LogP contribution in [0.1, 0.15) is 0 Å². The molecule has 0 fully saturated rings. The third-order valence-corrected chi connectivity index (χ3v) is 2.11. The van der Waals surface area contributed by atoms with Crippen LogP contribution in [0, 0.1) is 0 Å². The molecule has 0 heterocycles. The van der Waals surface area contributed by atoms with E-state index in [1.165, 1.54) is 0 Å². The maximum absolute atomic E-state index is 5.51. The zero-order valence-corrected chi connectivity index (χ0v) is 12.6. The minimum atomic E-state index is -0.486. The molecule has 0 saturated heterocycles. The lowest BCUT2D eigenvalue weighted by Crippen LogP contribution is -2.29. The summed E-state index contributed by atoms with van der Waals surface area (Å²) in [6.07, 6.45) is 5.61. The van der Waals surface area contributed by atoms with E-state index in [9.17, 15) is 0 Å². The Labute approximate surface area is 127 Å². The first-order chi connectivity index (χ1) is 10.3. The molecule has 0 radical (unpaired) electrons. The second-order valence-corrected chi connectivity index (χ2v) is 3.88. The largest absolute Gasteiger partial charge is 0.371 e. The second-order valence-electron chi connectivity index (χ2n) is 3.88. The van der Waals surface area contributed by atoms with Crippen molar-refractivity contribution in [3.63, 3.8) is 0 Å². The lowest BCUT2D eigenvalue weighted by molar-refractivity contribution is -0.195. The predicted octanol–water partition coefficient (Wildman–Crippen LogP) is 2.47. The fraction of sp³-hybridized carbons (Fsp3) is 0.500. The molecule has 0 saturated carbocycles. The Morgan fingerprint density at radius 3 is 1.10 bits per heavy atom. The Morgan fingerprint density at radius 1 is 0.571 bits per heavy atom. The van der Waals surface area contributed by atoms with Crippen molar-refractivity contribution in [1.82, 2.24) is 0 Å².